The van der Waals surface area contributed by atoms with Crippen LogP contribution in [-0.4, -0.2) is 23.9 Å². The maximum absolute atomic E-state index is 11.9. The van der Waals surface area contributed by atoms with Crippen molar-refractivity contribution in [2.45, 2.75) is 19.0 Å². The maximum Gasteiger partial charge on any atom is 0.389 e. The molecule has 0 amide bonds. The number of hydrogen-bond acceptors (Lipinski definition) is 2. The highest BCUT2D eigenvalue weighted by molar-refractivity contribution is 6.32. The number of ether oxygens (including phenoxy) is 1. The third kappa shape index (κ3) is 4.44. The Hall–Kier alpha value is -1.43. The molecule has 1 aromatic rings. The molecule has 3 nitrogen and oxygen atoms in total. The van der Waals surface area contributed by atoms with Gasteiger partial charge in [-0.1, -0.05) is 17.7 Å². The minimum Gasteiger partial charge on any atom is -0.491 e. The summed E-state index contributed by atoms with van der Waals surface area (Å²) in [6.45, 7) is -0.247. The minimum atomic E-state index is -4.25. The van der Waals surface area contributed by atoms with Crippen LogP contribution >= 0.6 is 11.6 Å². The molecule has 0 aliphatic rings. The molecule has 0 spiro atoms. The zero-order valence-corrected chi connectivity index (χ0v) is 9.88. The predicted molar refractivity (Wildman–Crippen MR) is 59.2 cm³/mol. The summed E-state index contributed by atoms with van der Waals surface area (Å²) in [5, 5.41) is 8.91. The third-order valence-electron chi connectivity index (χ3n) is 2.05. The highest BCUT2D eigenvalue weighted by atomic mass is 35.5. The van der Waals surface area contributed by atoms with Crippen LogP contribution in [-0.2, 0) is 0 Å². The van der Waals surface area contributed by atoms with Gasteiger partial charge in [0.05, 0.1) is 11.6 Å². The van der Waals surface area contributed by atoms with Crippen LogP contribution in [0, 0.1) is 0 Å². The molecule has 0 atom stereocenters. The molecule has 1 aromatic carbocycles. The lowest BCUT2D eigenvalue weighted by molar-refractivity contribution is -0.136. The van der Waals surface area contributed by atoms with Crippen molar-refractivity contribution in [3.63, 3.8) is 0 Å². The van der Waals surface area contributed by atoms with Gasteiger partial charge in [-0.25, -0.2) is 4.79 Å². The van der Waals surface area contributed by atoms with Crippen LogP contribution in [0.4, 0.5) is 13.2 Å². The van der Waals surface area contributed by atoms with Gasteiger partial charge in [-0.3, -0.25) is 0 Å². The third-order valence-corrected chi connectivity index (χ3v) is 2.35. The van der Waals surface area contributed by atoms with E-state index in [2.05, 4.69) is 0 Å². The Labute approximate surface area is 106 Å². The zero-order valence-electron chi connectivity index (χ0n) is 9.13. The lowest BCUT2D eigenvalue weighted by Crippen LogP contribution is -2.11. The molecule has 1 rings (SSSR count). The maximum atomic E-state index is 11.9. The van der Waals surface area contributed by atoms with E-state index in [0.717, 1.165) is 0 Å². The van der Waals surface area contributed by atoms with Crippen molar-refractivity contribution in [2.24, 2.45) is 0 Å². The van der Waals surface area contributed by atoms with E-state index >= 15 is 0 Å². The molecule has 0 aliphatic heterocycles. The molecular formula is C11H10ClF3O3. The molecule has 0 saturated carbocycles. The standard InChI is InChI=1S/C11H10ClF3O3/c12-8-4-1-3-7(10(16)17)9(8)18-6-2-5-11(13,14)15/h1,3-4H,2,5-6H2,(H,16,17). The van der Waals surface area contributed by atoms with Gasteiger partial charge in [0, 0.05) is 6.42 Å². The van der Waals surface area contributed by atoms with Crippen LogP contribution in [0.2, 0.25) is 5.02 Å². The first-order chi connectivity index (χ1) is 8.31. The van der Waals surface area contributed by atoms with Gasteiger partial charge in [0.1, 0.15) is 5.56 Å². The van der Waals surface area contributed by atoms with Crippen LogP contribution in [0.1, 0.15) is 23.2 Å². The van der Waals surface area contributed by atoms with E-state index in [1.807, 2.05) is 0 Å². The van der Waals surface area contributed by atoms with Gasteiger partial charge < -0.3 is 9.84 Å². The van der Waals surface area contributed by atoms with E-state index in [1.165, 1.54) is 18.2 Å². The lowest BCUT2D eigenvalue weighted by atomic mass is 10.2. The number of halogens is 4. The first kappa shape index (κ1) is 14.6. The fourth-order valence-corrected chi connectivity index (χ4v) is 1.50. The van der Waals surface area contributed by atoms with Crippen molar-refractivity contribution < 1.29 is 27.8 Å². The number of aromatic carboxylic acids is 1. The number of para-hydroxylation sites is 1. The van der Waals surface area contributed by atoms with E-state index in [0.29, 0.717) is 0 Å². The number of alkyl halides is 3. The van der Waals surface area contributed by atoms with Crippen molar-refractivity contribution in [2.75, 3.05) is 6.61 Å². The van der Waals surface area contributed by atoms with Gasteiger partial charge >= 0.3 is 12.1 Å². The second-order valence-corrected chi connectivity index (χ2v) is 3.90. The highest BCUT2D eigenvalue weighted by Gasteiger charge is 2.26. The molecule has 0 aromatic heterocycles. The number of rotatable bonds is 5. The Morgan fingerprint density at radius 2 is 2.06 bits per heavy atom. The number of benzene rings is 1. The minimum absolute atomic E-state index is 0.0573. The molecule has 0 fully saturated rings. The van der Waals surface area contributed by atoms with Gasteiger partial charge in [0.25, 0.3) is 0 Å². The molecule has 0 heterocycles. The first-order valence-corrected chi connectivity index (χ1v) is 5.40. The van der Waals surface area contributed by atoms with Crippen LogP contribution in [0.25, 0.3) is 0 Å². The van der Waals surface area contributed by atoms with E-state index < -0.39 is 18.6 Å². The SMILES string of the molecule is O=C(O)c1cccc(Cl)c1OCCCC(F)(F)F. The first-order valence-electron chi connectivity index (χ1n) is 5.02. The second kappa shape index (κ2) is 5.95. The van der Waals surface area contributed by atoms with E-state index in [9.17, 15) is 18.0 Å². The summed E-state index contributed by atoms with van der Waals surface area (Å²) in [6.07, 6.45) is -5.49. The zero-order chi connectivity index (χ0) is 13.8. The predicted octanol–water partition coefficient (Wildman–Crippen LogP) is 3.76. The second-order valence-electron chi connectivity index (χ2n) is 3.49. The summed E-state index contributed by atoms with van der Waals surface area (Å²) in [5.74, 6) is -1.35. The Morgan fingerprint density at radius 3 is 2.61 bits per heavy atom. The largest absolute Gasteiger partial charge is 0.491 e. The number of carbonyl (C=O) groups is 1. The van der Waals surface area contributed by atoms with E-state index in [-0.39, 0.29) is 29.4 Å². The summed E-state index contributed by atoms with van der Waals surface area (Å²) >= 11 is 5.73. The van der Waals surface area contributed by atoms with Gasteiger partial charge in [0.2, 0.25) is 0 Å². The van der Waals surface area contributed by atoms with Gasteiger partial charge in [-0.15, -0.1) is 0 Å². The van der Waals surface area contributed by atoms with Gasteiger partial charge in [0.15, 0.2) is 5.75 Å². The molecular weight excluding hydrogens is 273 g/mol. The van der Waals surface area contributed by atoms with E-state index in [1.54, 1.807) is 0 Å². The smallest absolute Gasteiger partial charge is 0.389 e. The topological polar surface area (TPSA) is 46.5 Å². The number of carboxylic acid groups (broad SMARTS) is 1. The van der Waals surface area contributed by atoms with Crippen molar-refractivity contribution >= 4 is 17.6 Å². The molecule has 100 valence electrons. The normalized spacial score (nSPS) is 11.3. The molecule has 18 heavy (non-hydrogen) atoms. The van der Waals surface area contributed by atoms with Crippen molar-refractivity contribution in [3.05, 3.63) is 28.8 Å². The average molecular weight is 283 g/mol. The summed E-state index contributed by atoms with van der Waals surface area (Å²) in [4.78, 5) is 10.8. The van der Waals surface area contributed by atoms with Crippen LogP contribution in [0.3, 0.4) is 0 Å². The van der Waals surface area contributed by atoms with Crippen molar-refractivity contribution in [3.8, 4) is 5.75 Å². The average Bonchev–Trinajstić information content (AvgIpc) is 2.24. The summed E-state index contributed by atoms with van der Waals surface area (Å²) in [7, 11) is 0. The van der Waals surface area contributed by atoms with Crippen LogP contribution < -0.4 is 4.74 Å². The molecule has 0 unspecified atom stereocenters. The van der Waals surface area contributed by atoms with Crippen LogP contribution in [0.5, 0.6) is 5.75 Å². The summed E-state index contributed by atoms with van der Waals surface area (Å²) in [5.41, 5.74) is -0.172. The molecule has 0 saturated heterocycles. The highest BCUT2D eigenvalue weighted by Crippen LogP contribution is 2.29. The van der Waals surface area contributed by atoms with Crippen LogP contribution in [0.15, 0.2) is 18.2 Å². The quantitative estimate of drug-likeness (QED) is 0.837. The Bertz CT molecular complexity index is 432. The summed E-state index contributed by atoms with van der Waals surface area (Å²) < 4.78 is 40.7. The Morgan fingerprint density at radius 1 is 1.39 bits per heavy atom. The molecule has 1 N–H and O–H groups in total. The van der Waals surface area contributed by atoms with Crippen molar-refractivity contribution in [1.29, 1.82) is 0 Å². The fourth-order valence-electron chi connectivity index (χ4n) is 1.27. The molecule has 0 bridgehead atoms. The Kier molecular flexibility index (Phi) is 4.84. The van der Waals surface area contributed by atoms with Gasteiger partial charge in [-0.05, 0) is 18.6 Å². The Balaban J connectivity index is 2.64. The molecule has 0 aliphatic carbocycles. The lowest BCUT2D eigenvalue weighted by Gasteiger charge is -2.11. The van der Waals surface area contributed by atoms with E-state index in [4.69, 9.17) is 21.4 Å². The monoisotopic (exact) mass is 282 g/mol. The summed E-state index contributed by atoms with van der Waals surface area (Å²) in [6, 6.07) is 4.11. The van der Waals surface area contributed by atoms with Crippen molar-refractivity contribution in [1.82, 2.24) is 0 Å². The number of hydrogen-bond donors (Lipinski definition) is 1. The van der Waals surface area contributed by atoms with Gasteiger partial charge in [-0.2, -0.15) is 13.2 Å². The molecule has 0 radical (unpaired) electrons. The fraction of sp³-hybridized carbons (Fsp3) is 0.364. The molecule has 7 heteroatoms. The number of carboxylic acids is 1.